The molecule has 0 bridgehead atoms. The van der Waals surface area contributed by atoms with Gasteiger partial charge in [0.25, 0.3) is 0 Å². The van der Waals surface area contributed by atoms with Crippen molar-refractivity contribution in [2.75, 3.05) is 40.9 Å². The molecule has 3 N–H and O–H groups in total. The van der Waals surface area contributed by atoms with E-state index in [0.717, 1.165) is 38.5 Å². The summed E-state index contributed by atoms with van der Waals surface area (Å²) in [4.78, 5) is 23.4. The number of carbonyl (C=O) groups is 1. The van der Waals surface area contributed by atoms with Crippen LogP contribution >= 0.6 is 7.82 Å². The Bertz CT molecular complexity index is 1330. The molecular formula is C67H132N2O6P+. The van der Waals surface area contributed by atoms with Crippen molar-refractivity contribution in [3.05, 3.63) is 36.5 Å². The van der Waals surface area contributed by atoms with E-state index in [0.29, 0.717) is 17.4 Å². The first-order valence-corrected chi connectivity index (χ1v) is 34.9. The Morgan fingerprint density at radius 3 is 1.05 bits per heavy atom. The van der Waals surface area contributed by atoms with Crippen molar-refractivity contribution in [3.63, 3.8) is 0 Å². The number of rotatable bonds is 62. The zero-order valence-corrected chi connectivity index (χ0v) is 52.4. The molecule has 3 unspecified atom stereocenters. The number of nitrogens with one attached hydrogen (secondary N) is 1. The largest absolute Gasteiger partial charge is 0.472 e. The first kappa shape index (κ1) is 74.7. The first-order chi connectivity index (χ1) is 37.0. The molecule has 450 valence electrons. The first-order valence-electron chi connectivity index (χ1n) is 33.4. The molecule has 1 amide bonds. The Hall–Kier alpha value is -1.28. The van der Waals surface area contributed by atoms with Crippen molar-refractivity contribution < 1.29 is 32.9 Å². The van der Waals surface area contributed by atoms with Crippen LogP contribution in [0, 0.1) is 0 Å². The second-order valence-corrected chi connectivity index (χ2v) is 25.6. The lowest BCUT2D eigenvalue weighted by Gasteiger charge is -2.25. The summed E-state index contributed by atoms with van der Waals surface area (Å²) in [6.07, 6.45) is 77.1. The van der Waals surface area contributed by atoms with Gasteiger partial charge in [0.15, 0.2) is 0 Å². The molecule has 0 fully saturated rings. The van der Waals surface area contributed by atoms with E-state index >= 15 is 0 Å². The summed E-state index contributed by atoms with van der Waals surface area (Å²) >= 11 is 0. The van der Waals surface area contributed by atoms with Gasteiger partial charge in [-0.2, -0.15) is 0 Å². The third-order valence-corrected chi connectivity index (χ3v) is 16.3. The number of phosphoric ester groups is 1. The highest BCUT2D eigenvalue weighted by molar-refractivity contribution is 7.47. The summed E-state index contributed by atoms with van der Waals surface area (Å²) in [6.45, 7) is 4.85. The van der Waals surface area contributed by atoms with Gasteiger partial charge in [0.1, 0.15) is 13.2 Å². The molecular weight excluding hydrogens is 960 g/mol. The molecule has 0 aromatic heterocycles. The standard InChI is InChI=1S/C67H131N2O6P/c1-6-8-10-12-14-16-18-20-22-24-26-28-30-32-33-34-35-37-38-40-42-44-46-48-50-52-54-56-58-60-66(70)65(64-75-76(72,73)74-63-62-69(3,4)5)68-67(71)61-59-57-55-53-51-49-47-45-43-41-39-36-31-29-27-25-23-21-19-17-15-13-11-9-7-2/h25,27,50,52,58,60,65-66,70H,6-24,26,28-49,51,53-57,59,61-64H2,1-5H3,(H-,68,71,72,73)/p+1/b27-25-,52-50+,60-58+. The third kappa shape index (κ3) is 60.4. The minimum atomic E-state index is -4.36. The van der Waals surface area contributed by atoms with Crippen molar-refractivity contribution in [2.24, 2.45) is 0 Å². The van der Waals surface area contributed by atoms with E-state index in [2.05, 4.69) is 43.5 Å². The van der Waals surface area contributed by atoms with Crippen molar-refractivity contribution in [2.45, 2.75) is 347 Å². The molecule has 0 saturated heterocycles. The summed E-state index contributed by atoms with van der Waals surface area (Å²) in [5.41, 5.74) is 0. The number of aliphatic hydroxyl groups is 1. The number of unbranched alkanes of at least 4 members (excludes halogenated alkanes) is 45. The van der Waals surface area contributed by atoms with Crippen LogP contribution < -0.4 is 5.32 Å². The molecule has 9 heteroatoms. The van der Waals surface area contributed by atoms with Crippen molar-refractivity contribution in [3.8, 4) is 0 Å². The number of aliphatic hydroxyl groups excluding tert-OH is 1. The quantitative estimate of drug-likeness (QED) is 0.0243. The fraction of sp³-hybridized carbons (Fsp3) is 0.896. The van der Waals surface area contributed by atoms with E-state index in [9.17, 15) is 19.4 Å². The smallest absolute Gasteiger partial charge is 0.387 e. The maximum atomic E-state index is 13.0. The number of amides is 1. The Morgan fingerprint density at radius 1 is 0.434 bits per heavy atom. The zero-order chi connectivity index (χ0) is 55.6. The number of nitrogens with zero attached hydrogens (tertiary/aromatic N) is 1. The Labute approximate surface area is 474 Å². The van der Waals surface area contributed by atoms with Gasteiger partial charge in [0.2, 0.25) is 5.91 Å². The lowest BCUT2D eigenvalue weighted by molar-refractivity contribution is -0.870. The predicted octanol–water partition coefficient (Wildman–Crippen LogP) is 20.9. The number of hydrogen-bond donors (Lipinski definition) is 3. The molecule has 0 aliphatic rings. The molecule has 0 aromatic rings. The number of carbonyl (C=O) groups excluding carboxylic acids is 1. The molecule has 76 heavy (non-hydrogen) atoms. The van der Waals surface area contributed by atoms with Crippen LogP contribution in [0.25, 0.3) is 0 Å². The Kier molecular flexibility index (Phi) is 57.4. The van der Waals surface area contributed by atoms with E-state index in [1.54, 1.807) is 6.08 Å². The summed E-state index contributed by atoms with van der Waals surface area (Å²) in [7, 11) is 1.57. The highest BCUT2D eigenvalue weighted by Crippen LogP contribution is 2.43. The number of quaternary nitrogens is 1. The van der Waals surface area contributed by atoms with E-state index in [4.69, 9.17) is 9.05 Å². The lowest BCUT2D eigenvalue weighted by Crippen LogP contribution is -2.45. The molecule has 0 aromatic carbocycles. The fourth-order valence-electron chi connectivity index (χ4n) is 10.1. The monoisotopic (exact) mass is 1090 g/mol. The van der Waals surface area contributed by atoms with Crippen molar-refractivity contribution in [1.29, 1.82) is 0 Å². The predicted molar refractivity (Wildman–Crippen MR) is 332 cm³/mol. The molecule has 0 spiro atoms. The van der Waals surface area contributed by atoms with Gasteiger partial charge in [-0.05, 0) is 57.8 Å². The third-order valence-electron chi connectivity index (χ3n) is 15.3. The van der Waals surface area contributed by atoms with Crippen molar-refractivity contribution in [1.82, 2.24) is 5.32 Å². The van der Waals surface area contributed by atoms with Gasteiger partial charge in [-0.3, -0.25) is 13.8 Å². The van der Waals surface area contributed by atoms with Crippen LogP contribution in [-0.2, 0) is 18.4 Å². The highest BCUT2D eigenvalue weighted by Gasteiger charge is 2.28. The number of likely N-dealkylation sites (N-methyl/N-ethyl adjacent to an activating group) is 1. The lowest BCUT2D eigenvalue weighted by atomic mass is 10.0. The minimum absolute atomic E-state index is 0.0574. The van der Waals surface area contributed by atoms with Crippen LogP contribution in [0.1, 0.15) is 335 Å². The van der Waals surface area contributed by atoms with E-state index in [1.807, 2.05) is 27.2 Å². The summed E-state index contributed by atoms with van der Waals surface area (Å²) in [5.74, 6) is -0.182. The minimum Gasteiger partial charge on any atom is -0.387 e. The van der Waals surface area contributed by atoms with Gasteiger partial charge in [-0.25, -0.2) is 4.57 Å². The topological polar surface area (TPSA) is 105 Å². The fourth-order valence-corrected chi connectivity index (χ4v) is 10.9. The van der Waals surface area contributed by atoms with Gasteiger partial charge in [-0.1, -0.05) is 307 Å². The second-order valence-electron chi connectivity index (χ2n) is 24.2. The van der Waals surface area contributed by atoms with Crippen LogP contribution in [0.3, 0.4) is 0 Å². The molecule has 0 aliphatic carbocycles. The molecule has 0 rings (SSSR count). The summed E-state index contributed by atoms with van der Waals surface area (Å²) in [5, 5.41) is 14.0. The maximum Gasteiger partial charge on any atom is 0.472 e. The Balaban J connectivity index is 4.13. The average molecular weight is 1090 g/mol. The Morgan fingerprint density at radius 2 is 0.724 bits per heavy atom. The van der Waals surface area contributed by atoms with E-state index in [-0.39, 0.29) is 19.1 Å². The van der Waals surface area contributed by atoms with Gasteiger partial charge in [-0.15, -0.1) is 0 Å². The van der Waals surface area contributed by atoms with E-state index < -0.39 is 20.0 Å². The molecule has 0 saturated carbocycles. The van der Waals surface area contributed by atoms with E-state index in [1.165, 1.54) is 276 Å². The second kappa shape index (κ2) is 58.4. The molecule has 8 nitrogen and oxygen atoms in total. The van der Waals surface area contributed by atoms with Gasteiger partial charge < -0.3 is 19.8 Å². The SMILES string of the molecule is CCCCCCCCCC/C=C\CCCCCCCCCCCCCCCC(=O)NC(COP(=O)(O)OCC[N+](C)(C)C)C(O)/C=C/CC/C=C/CCCCCCCCCCCCCCCCCCCCCCCCC. The average Bonchev–Trinajstić information content (AvgIpc) is 3.38. The van der Waals surface area contributed by atoms with Gasteiger partial charge >= 0.3 is 7.82 Å². The number of hydrogen-bond acceptors (Lipinski definition) is 5. The van der Waals surface area contributed by atoms with Gasteiger partial charge in [0.05, 0.1) is 39.9 Å². The zero-order valence-electron chi connectivity index (χ0n) is 51.5. The number of allylic oxidation sites excluding steroid dienone is 5. The molecule has 0 heterocycles. The highest BCUT2D eigenvalue weighted by atomic mass is 31.2. The van der Waals surface area contributed by atoms with Crippen LogP contribution in [0.2, 0.25) is 0 Å². The van der Waals surface area contributed by atoms with Crippen LogP contribution in [0.15, 0.2) is 36.5 Å². The van der Waals surface area contributed by atoms with Crippen LogP contribution in [0.4, 0.5) is 0 Å². The molecule has 0 aliphatic heterocycles. The van der Waals surface area contributed by atoms with Crippen molar-refractivity contribution >= 4 is 13.7 Å². The molecule has 3 atom stereocenters. The summed E-state index contributed by atoms with van der Waals surface area (Å²) in [6, 6.07) is -0.864. The normalized spacial score (nSPS) is 13.9. The summed E-state index contributed by atoms with van der Waals surface area (Å²) < 4.78 is 23.8. The number of phosphoric acid groups is 1. The van der Waals surface area contributed by atoms with Crippen LogP contribution in [-0.4, -0.2) is 73.4 Å². The van der Waals surface area contributed by atoms with Gasteiger partial charge in [0, 0.05) is 6.42 Å². The van der Waals surface area contributed by atoms with Crippen LogP contribution in [0.5, 0.6) is 0 Å². The molecule has 0 radical (unpaired) electrons. The maximum absolute atomic E-state index is 13.0.